The molecule has 1 atom stereocenters. The summed E-state index contributed by atoms with van der Waals surface area (Å²) in [6.07, 6.45) is 2.50. The van der Waals surface area contributed by atoms with Gasteiger partial charge >= 0.3 is 0 Å². The summed E-state index contributed by atoms with van der Waals surface area (Å²) in [6.45, 7) is 0. The van der Waals surface area contributed by atoms with E-state index in [0.717, 1.165) is 24.1 Å². The molecule has 0 spiro atoms. The highest BCUT2D eigenvalue weighted by Gasteiger charge is 2.32. The molecular weight excluding hydrogens is 362 g/mol. The van der Waals surface area contributed by atoms with Crippen molar-refractivity contribution in [3.8, 4) is 11.3 Å². The van der Waals surface area contributed by atoms with E-state index in [1.165, 1.54) is 0 Å². The molecule has 2 fully saturated rings. The molecule has 1 saturated carbocycles. The number of benzene rings is 1. The van der Waals surface area contributed by atoms with Crippen molar-refractivity contribution in [3.63, 3.8) is 0 Å². The minimum Gasteiger partial charge on any atom is -0.348 e. The predicted molar refractivity (Wildman–Crippen MR) is 95.5 cm³/mol. The van der Waals surface area contributed by atoms with Crippen LogP contribution in [0, 0.1) is 0 Å². The molecule has 1 unspecified atom stereocenters. The van der Waals surface area contributed by atoms with Crippen molar-refractivity contribution in [2.45, 2.75) is 31.3 Å². The zero-order valence-corrected chi connectivity index (χ0v) is 15.1. The molecule has 1 aliphatic heterocycles. The number of nitrogens with zero attached hydrogens (tertiary/aromatic N) is 2. The number of hydrogen-bond donors (Lipinski definition) is 1. The van der Waals surface area contributed by atoms with E-state index in [2.05, 4.69) is 10.4 Å². The maximum Gasteiger partial charge on any atom is 0.272 e. The Morgan fingerprint density at radius 3 is 2.52 bits per heavy atom. The minimum absolute atomic E-state index is 0.0545. The van der Waals surface area contributed by atoms with Gasteiger partial charge in [0, 0.05) is 11.1 Å². The number of hydrogen-bond acceptors (Lipinski definition) is 4. The number of rotatable bonds is 4. The molecule has 8 heteroatoms. The molecule has 0 bridgehead atoms. The highest BCUT2D eigenvalue weighted by atomic mass is 35.5. The lowest BCUT2D eigenvalue weighted by molar-refractivity contribution is 0.0945. The van der Waals surface area contributed by atoms with Crippen LogP contribution in [0.15, 0.2) is 30.3 Å². The minimum atomic E-state index is -3.05. The lowest BCUT2D eigenvalue weighted by Gasteiger charge is -2.13. The number of nitrogens with one attached hydrogen (secondary N) is 1. The van der Waals surface area contributed by atoms with Gasteiger partial charge in [0.05, 0.1) is 23.2 Å². The van der Waals surface area contributed by atoms with Crippen molar-refractivity contribution in [2.75, 3.05) is 11.5 Å². The van der Waals surface area contributed by atoms with Gasteiger partial charge in [-0.2, -0.15) is 5.10 Å². The lowest BCUT2D eigenvalue weighted by atomic mass is 10.1. The van der Waals surface area contributed by atoms with E-state index in [4.69, 9.17) is 11.6 Å². The van der Waals surface area contributed by atoms with Crippen LogP contribution in [0.3, 0.4) is 0 Å². The summed E-state index contributed by atoms with van der Waals surface area (Å²) < 4.78 is 25.4. The van der Waals surface area contributed by atoms with Gasteiger partial charge in [-0.3, -0.25) is 9.48 Å². The van der Waals surface area contributed by atoms with Gasteiger partial charge in [0.25, 0.3) is 5.91 Å². The number of sulfone groups is 1. The van der Waals surface area contributed by atoms with Crippen LogP contribution >= 0.6 is 11.6 Å². The molecule has 132 valence electrons. The normalized spacial score (nSPS) is 22.0. The van der Waals surface area contributed by atoms with E-state index in [-0.39, 0.29) is 29.5 Å². The Morgan fingerprint density at radius 1 is 1.20 bits per heavy atom. The zero-order valence-electron chi connectivity index (χ0n) is 13.5. The van der Waals surface area contributed by atoms with Crippen LogP contribution in [0.2, 0.25) is 5.02 Å². The molecule has 1 aromatic carbocycles. The second-order valence-corrected chi connectivity index (χ2v) is 9.34. The highest BCUT2D eigenvalue weighted by Crippen LogP contribution is 2.31. The molecule has 1 saturated heterocycles. The fourth-order valence-corrected chi connectivity index (χ4v) is 4.89. The van der Waals surface area contributed by atoms with Crippen LogP contribution in [0.4, 0.5) is 0 Å². The molecule has 2 aliphatic rings. The number of amides is 1. The smallest absolute Gasteiger partial charge is 0.272 e. The van der Waals surface area contributed by atoms with Crippen LogP contribution in [0.1, 0.15) is 35.8 Å². The molecular formula is C17H18ClN3O3S. The average Bonchev–Trinajstić information content (AvgIpc) is 3.14. The maximum absolute atomic E-state index is 12.4. The average molecular weight is 380 g/mol. The third-order valence-corrected chi connectivity index (χ3v) is 6.58. The molecule has 0 radical (unpaired) electrons. The molecule has 25 heavy (non-hydrogen) atoms. The van der Waals surface area contributed by atoms with Crippen LogP contribution in [-0.2, 0) is 9.84 Å². The first-order valence-corrected chi connectivity index (χ1v) is 10.5. The molecule has 1 aliphatic carbocycles. The van der Waals surface area contributed by atoms with E-state index in [1.807, 2.05) is 12.1 Å². The Hall–Kier alpha value is -1.86. The SMILES string of the molecule is O=C(NC1CC1)c1cc(-c2ccc(Cl)cc2)n(C2CCS(=O)(=O)C2)n1. The van der Waals surface area contributed by atoms with E-state index < -0.39 is 9.84 Å². The Kier molecular flexibility index (Phi) is 4.08. The van der Waals surface area contributed by atoms with Crippen LogP contribution in [-0.4, -0.2) is 41.7 Å². The predicted octanol–water partition coefficient (Wildman–Crippen LogP) is 2.46. The third kappa shape index (κ3) is 3.57. The molecule has 2 aromatic rings. The largest absolute Gasteiger partial charge is 0.348 e. The maximum atomic E-state index is 12.4. The van der Waals surface area contributed by atoms with Crippen molar-refractivity contribution >= 4 is 27.3 Å². The van der Waals surface area contributed by atoms with Gasteiger partial charge in [-0.1, -0.05) is 23.7 Å². The third-order valence-electron chi connectivity index (χ3n) is 4.58. The summed E-state index contributed by atoms with van der Waals surface area (Å²) in [7, 11) is -3.05. The Balaban J connectivity index is 1.72. The second kappa shape index (κ2) is 6.14. The fraction of sp³-hybridized carbons (Fsp3) is 0.412. The van der Waals surface area contributed by atoms with Crippen LogP contribution in [0.5, 0.6) is 0 Å². The summed E-state index contributed by atoms with van der Waals surface area (Å²) in [5, 5.41) is 7.98. The van der Waals surface area contributed by atoms with Gasteiger partial charge in [-0.05, 0) is 43.0 Å². The number of halogens is 1. The van der Waals surface area contributed by atoms with Crippen LogP contribution < -0.4 is 5.32 Å². The fourth-order valence-electron chi connectivity index (χ4n) is 3.08. The second-order valence-electron chi connectivity index (χ2n) is 6.67. The monoisotopic (exact) mass is 379 g/mol. The first-order chi connectivity index (χ1) is 11.9. The highest BCUT2D eigenvalue weighted by molar-refractivity contribution is 7.91. The molecule has 6 nitrogen and oxygen atoms in total. The van der Waals surface area contributed by atoms with Gasteiger partial charge in [0.2, 0.25) is 0 Å². The van der Waals surface area contributed by atoms with Crippen LogP contribution in [0.25, 0.3) is 11.3 Å². The zero-order chi connectivity index (χ0) is 17.6. The summed E-state index contributed by atoms with van der Waals surface area (Å²) in [4.78, 5) is 12.4. The first-order valence-electron chi connectivity index (χ1n) is 8.28. The van der Waals surface area contributed by atoms with E-state index in [9.17, 15) is 13.2 Å². The quantitative estimate of drug-likeness (QED) is 0.884. The molecule has 2 heterocycles. The molecule has 4 rings (SSSR count). The topological polar surface area (TPSA) is 81.1 Å². The lowest BCUT2D eigenvalue weighted by Crippen LogP contribution is -2.26. The van der Waals surface area contributed by atoms with Crippen molar-refractivity contribution < 1.29 is 13.2 Å². The first kappa shape index (κ1) is 16.6. The number of carbonyl (C=O) groups is 1. The summed E-state index contributed by atoms with van der Waals surface area (Å²) >= 11 is 5.96. The number of aromatic nitrogens is 2. The number of carbonyl (C=O) groups excluding carboxylic acids is 1. The summed E-state index contributed by atoms with van der Waals surface area (Å²) in [6, 6.07) is 8.95. The van der Waals surface area contributed by atoms with E-state index in [1.54, 1.807) is 22.9 Å². The summed E-state index contributed by atoms with van der Waals surface area (Å²) in [5.41, 5.74) is 1.91. The van der Waals surface area contributed by atoms with E-state index >= 15 is 0 Å². The van der Waals surface area contributed by atoms with Crippen molar-refractivity contribution in [2.24, 2.45) is 0 Å². The van der Waals surface area contributed by atoms with Gasteiger partial charge in [0.15, 0.2) is 15.5 Å². The van der Waals surface area contributed by atoms with Gasteiger partial charge in [-0.25, -0.2) is 8.42 Å². The molecule has 1 N–H and O–H groups in total. The summed E-state index contributed by atoms with van der Waals surface area (Å²) in [5.74, 6) is -0.00234. The van der Waals surface area contributed by atoms with Crippen molar-refractivity contribution in [1.29, 1.82) is 0 Å². The Bertz CT molecular complexity index is 917. The van der Waals surface area contributed by atoms with E-state index in [0.29, 0.717) is 17.1 Å². The molecule has 1 amide bonds. The standard InChI is InChI=1S/C17H18ClN3O3S/c18-12-3-1-11(2-4-12)16-9-15(17(22)19-13-5-6-13)20-21(16)14-7-8-25(23,24)10-14/h1-4,9,13-14H,5-8,10H2,(H,19,22). The van der Waals surface area contributed by atoms with Crippen molar-refractivity contribution in [3.05, 3.63) is 41.0 Å². The molecule has 1 aromatic heterocycles. The van der Waals surface area contributed by atoms with Gasteiger partial charge in [0.1, 0.15) is 0 Å². The van der Waals surface area contributed by atoms with Crippen molar-refractivity contribution in [1.82, 2.24) is 15.1 Å². The van der Waals surface area contributed by atoms with Gasteiger partial charge < -0.3 is 5.32 Å². The Morgan fingerprint density at radius 2 is 1.92 bits per heavy atom. The van der Waals surface area contributed by atoms with Gasteiger partial charge in [-0.15, -0.1) is 0 Å². The Labute approximate surface area is 151 Å².